The number of anilines is 1. The topological polar surface area (TPSA) is 110 Å². The number of phenols is 1. The van der Waals surface area contributed by atoms with E-state index in [1.165, 1.54) is 62.4 Å². The van der Waals surface area contributed by atoms with Crippen LogP contribution in [0.2, 0.25) is 5.02 Å². The van der Waals surface area contributed by atoms with Gasteiger partial charge in [0.05, 0.1) is 16.7 Å². The largest absolute Gasteiger partial charge is 0.507 e. The molecule has 0 spiro atoms. The lowest BCUT2D eigenvalue weighted by atomic mass is 9.90. The number of esters is 1. The minimum absolute atomic E-state index is 0.0869. The molecule has 0 unspecified atom stereocenters. The molecular formula is C23H19ClF3NO6S. The molecular weight excluding hydrogens is 511 g/mol. The van der Waals surface area contributed by atoms with E-state index in [0.29, 0.717) is 0 Å². The molecule has 3 rings (SSSR count). The first-order valence-corrected chi connectivity index (χ1v) is 11.9. The quantitative estimate of drug-likeness (QED) is 0.248. The molecule has 2 N–H and O–H groups in total. The number of hydrogen-bond acceptors (Lipinski definition) is 6. The highest BCUT2D eigenvalue weighted by molar-refractivity contribution is 7.92. The van der Waals surface area contributed by atoms with Gasteiger partial charge in [0.25, 0.3) is 15.8 Å². The van der Waals surface area contributed by atoms with E-state index in [1.54, 1.807) is 0 Å². The number of fused-ring (bicyclic) bond motifs is 1. The summed E-state index contributed by atoms with van der Waals surface area (Å²) in [4.78, 5) is 24.6. The van der Waals surface area contributed by atoms with Gasteiger partial charge in [0, 0.05) is 21.4 Å². The summed E-state index contributed by atoms with van der Waals surface area (Å²) < 4.78 is 73.2. The van der Waals surface area contributed by atoms with Crippen molar-refractivity contribution in [2.24, 2.45) is 0 Å². The highest BCUT2D eigenvalue weighted by atomic mass is 35.5. The summed E-state index contributed by atoms with van der Waals surface area (Å²) in [5.41, 5.74) is -1.02. The summed E-state index contributed by atoms with van der Waals surface area (Å²) in [7, 11) is -4.28. The first-order chi connectivity index (χ1) is 16.2. The third-order valence-corrected chi connectivity index (χ3v) is 6.49. The number of alkyl halides is 3. The standard InChI is InChI=1S/C23H19ClF3NO6S/c1-12(2)34-22(31)19(21(30)23(25,26)27)17-11-18(15-5-3-4-6-16(15)20(17)29)28-35(32,33)14-9-7-13(24)8-10-14/h3-12,19,28-29H,1-2H3/t19-/m1/s1. The number of nitrogens with one attached hydrogen (secondary N) is 1. The highest BCUT2D eigenvalue weighted by Crippen LogP contribution is 2.41. The van der Waals surface area contributed by atoms with Crippen LogP contribution in [0.15, 0.2) is 59.5 Å². The van der Waals surface area contributed by atoms with Gasteiger partial charge in [-0.2, -0.15) is 13.2 Å². The van der Waals surface area contributed by atoms with Crippen molar-refractivity contribution in [2.75, 3.05) is 4.72 Å². The zero-order valence-electron chi connectivity index (χ0n) is 18.3. The van der Waals surface area contributed by atoms with E-state index in [0.717, 1.165) is 6.07 Å². The summed E-state index contributed by atoms with van der Waals surface area (Å²) in [5.74, 6) is -7.39. The molecule has 0 radical (unpaired) electrons. The Hall–Kier alpha value is -3.31. The minimum atomic E-state index is -5.44. The fraction of sp³-hybridized carbons (Fsp3) is 0.217. The molecule has 0 saturated heterocycles. The van der Waals surface area contributed by atoms with Crippen LogP contribution >= 0.6 is 11.6 Å². The number of rotatable bonds is 7. The Morgan fingerprint density at radius 1 is 1.03 bits per heavy atom. The predicted octanol–water partition coefficient (Wildman–Crippen LogP) is 5.17. The number of Topliss-reactive ketones (excluding diaryl/α,β-unsaturated/α-hetero) is 1. The van der Waals surface area contributed by atoms with Crippen molar-refractivity contribution < 1.29 is 41.0 Å². The number of hydrogen-bond donors (Lipinski definition) is 2. The summed E-state index contributed by atoms with van der Waals surface area (Å²) in [6.07, 6.45) is -6.31. The Labute approximate surface area is 203 Å². The average molecular weight is 530 g/mol. The van der Waals surface area contributed by atoms with Crippen molar-refractivity contribution in [2.45, 2.75) is 36.9 Å². The van der Waals surface area contributed by atoms with Crippen LogP contribution in [0.4, 0.5) is 18.9 Å². The average Bonchev–Trinajstić information content (AvgIpc) is 2.76. The molecule has 3 aromatic rings. The number of sulfonamides is 1. The predicted molar refractivity (Wildman–Crippen MR) is 123 cm³/mol. The fourth-order valence-electron chi connectivity index (χ4n) is 3.34. The first-order valence-electron chi connectivity index (χ1n) is 10.1. The molecule has 12 heteroatoms. The van der Waals surface area contributed by atoms with E-state index in [1.807, 2.05) is 0 Å². The van der Waals surface area contributed by atoms with Gasteiger partial charge >= 0.3 is 12.1 Å². The number of phenolic OH excluding ortho intramolecular Hbond substituents is 1. The van der Waals surface area contributed by atoms with Gasteiger partial charge in [0.15, 0.2) is 5.92 Å². The van der Waals surface area contributed by atoms with Gasteiger partial charge in [0.1, 0.15) is 5.75 Å². The molecule has 0 amide bonds. The molecule has 0 heterocycles. The number of benzene rings is 3. The molecule has 7 nitrogen and oxygen atoms in total. The number of ketones is 1. The molecule has 1 atom stereocenters. The van der Waals surface area contributed by atoms with Crippen molar-refractivity contribution in [3.8, 4) is 5.75 Å². The van der Waals surface area contributed by atoms with Crippen molar-refractivity contribution in [1.29, 1.82) is 0 Å². The van der Waals surface area contributed by atoms with Crippen molar-refractivity contribution in [3.63, 3.8) is 0 Å². The van der Waals surface area contributed by atoms with E-state index in [2.05, 4.69) is 4.72 Å². The molecule has 0 aromatic heterocycles. The lowest BCUT2D eigenvalue weighted by Gasteiger charge is -2.21. The lowest BCUT2D eigenvalue weighted by molar-refractivity contribution is -0.178. The smallest absolute Gasteiger partial charge is 0.451 e. The third-order valence-electron chi connectivity index (χ3n) is 4.85. The van der Waals surface area contributed by atoms with Gasteiger partial charge in [-0.1, -0.05) is 35.9 Å². The third kappa shape index (κ3) is 5.68. The van der Waals surface area contributed by atoms with Gasteiger partial charge in [0.2, 0.25) is 0 Å². The van der Waals surface area contributed by atoms with Crippen LogP contribution in [0.25, 0.3) is 10.8 Å². The van der Waals surface area contributed by atoms with Gasteiger partial charge in [-0.25, -0.2) is 8.42 Å². The second-order valence-corrected chi connectivity index (χ2v) is 9.87. The van der Waals surface area contributed by atoms with Crippen LogP contribution in [-0.4, -0.2) is 37.6 Å². The maximum atomic E-state index is 13.4. The summed E-state index contributed by atoms with van der Waals surface area (Å²) in [6.45, 7) is 2.75. The van der Waals surface area contributed by atoms with Gasteiger partial charge < -0.3 is 9.84 Å². The Balaban J connectivity index is 2.24. The Kier molecular flexibility index (Phi) is 7.32. The number of carbonyl (C=O) groups is 2. The second-order valence-electron chi connectivity index (χ2n) is 7.75. The normalized spacial score (nSPS) is 13.0. The summed E-state index contributed by atoms with van der Waals surface area (Å²) in [6, 6.07) is 11.6. The molecule has 186 valence electrons. The summed E-state index contributed by atoms with van der Waals surface area (Å²) >= 11 is 5.79. The number of halogens is 4. The Morgan fingerprint density at radius 2 is 1.60 bits per heavy atom. The van der Waals surface area contributed by atoms with Crippen molar-refractivity contribution in [1.82, 2.24) is 0 Å². The van der Waals surface area contributed by atoms with Crippen LogP contribution in [0, 0.1) is 0 Å². The number of aromatic hydroxyl groups is 1. The van der Waals surface area contributed by atoms with Crippen molar-refractivity contribution in [3.05, 3.63) is 65.2 Å². The minimum Gasteiger partial charge on any atom is -0.507 e. The Morgan fingerprint density at radius 3 is 2.14 bits per heavy atom. The molecule has 0 aliphatic carbocycles. The van der Waals surface area contributed by atoms with E-state index in [9.17, 15) is 36.3 Å². The monoisotopic (exact) mass is 529 g/mol. The SMILES string of the molecule is CC(C)OC(=O)[C@@H](C(=O)C(F)(F)F)c1cc(NS(=O)(=O)c2ccc(Cl)cc2)c2ccccc2c1O. The molecule has 0 bridgehead atoms. The van der Waals surface area contributed by atoms with Crippen LogP contribution in [-0.2, 0) is 24.3 Å². The Bertz CT molecular complexity index is 1390. The van der Waals surface area contributed by atoms with Crippen LogP contribution in [0.3, 0.4) is 0 Å². The zero-order valence-corrected chi connectivity index (χ0v) is 19.8. The molecule has 3 aromatic carbocycles. The maximum Gasteiger partial charge on any atom is 0.451 e. The number of carbonyl (C=O) groups excluding carboxylic acids is 2. The van der Waals surface area contributed by atoms with Crippen LogP contribution < -0.4 is 4.72 Å². The maximum absolute atomic E-state index is 13.4. The van der Waals surface area contributed by atoms with E-state index >= 15 is 0 Å². The molecule has 0 aliphatic rings. The van der Waals surface area contributed by atoms with Crippen LogP contribution in [0.1, 0.15) is 25.3 Å². The van der Waals surface area contributed by atoms with Gasteiger partial charge in [-0.15, -0.1) is 0 Å². The van der Waals surface area contributed by atoms with Crippen LogP contribution in [0.5, 0.6) is 5.75 Å². The van der Waals surface area contributed by atoms with Gasteiger partial charge in [-0.3, -0.25) is 14.3 Å². The number of ether oxygens (including phenoxy) is 1. The molecule has 35 heavy (non-hydrogen) atoms. The first kappa shape index (κ1) is 26.3. The van der Waals surface area contributed by atoms with Gasteiger partial charge in [-0.05, 0) is 44.2 Å². The molecule has 0 fully saturated rings. The molecule has 0 aliphatic heterocycles. The van der Waals surface area contributed by atoms with E-state index < -0.39 is 51.3 Å². The van der Waals surface area contributed by atoms with E-state index in [4.69, 9.17) is 16.3 Å². The molecule has 0 saturated carbocycles. The van der Waals surface area contributed by atoms with Crippen molar-refractivity contribution >= 4 is 49.8 Å². The second kappa shape index (κ2) is 9.74. The summed E-state index contributed by atoms with van der Waals surface area (Å²) in [5, 5.41) is 11.1. The lowest BCUT2D eigenvalue weighted by Crippen LogP contribution is -2.35. The fourth-order valence-corrected chi connectivity index (χ4v) is 4.54. The zero-order chi connectivity index (χ0) is 26.1. The highest BCUT2D eigenvalue weighted by Gasteiger charge is 2.49. The van der Waals surface area contributed by atoms with E-state index in [-0.39, 0.29) is 26.4 Å².